The van der Waals surface area contributed by atoms with Gasteiger partial charge < -0.3 is 15.0 Å². The van der Waals surface area contributed by atoms with Gasteiger partial charge in [0.15, 0.2) is 5.76 Å². The Kier molecular flexibility index (Phi) is 3.15. The Morgan fingerprint density at radius 2 is 2.12 bits per heavy atom. The number of ether oxygens (including phenoxy) is 1. The number of hydrogen-bond acceptors (Lipinski definition) is 4. The molecule has 0 aliphatic rings. The molecule has 0 spiro atoms. The van der Waals surface area contributed by atoms with Crippen molar-refractivity contribution in [2.45, 2.75) is 20.4 Å². The zero-order chi connectivity index (χ0) is 12.4. The molecule has 0 fully saturated rings. The monoisotopic (exact) mass is 232 g/mol. The lowest BCUT2D eigenvalue weighted by molar-refractivity contribution is 0.386. The van der Waals surface area contributed by atoms with Gasteiger partial charge in [-0.3, -0.25) is 0 Å². The largest absolute Gasteiger partial charge is 0.496 e. The van der Waals surface area contributed by atoms with Crippen molar-refractivity contribution < 1.29 is 9.26 Å². The van der Waals surface area contributed by atoms with Crippen LogP contribution in [-0.2, 0) is 6.54 Å². The zero-order valence-corrected chi connectivity index (χ0v) is 10.3. The average Bonchev–Trinajstić information content (AvgIpc) is 2.70. The maximum Gasteiger partial charge on any atom is 0.153 e. The summed E-state index contributed by atoms with van der Waals surface area (Å²) in [6.45, 7) is 4.34. The predicted molar refractivity (Wildman–Crippen MR) is 65.9 cm³/mol. The van der Waals surface area contributed by atoms with Crippen molar-refractivity contribution in [2.24, 2.45) is 5.73 Å². The minimum atomic E-state index is 0.369. The summed E-state index contributed by atoms with van der Waals surface area (Å²) in [5, 5.41) is 4.06. The summed E-state index contributed by atoms with van der Waals surface area (Å²) in [4.78, 5) is 0. The summed E-state index contributed by atoms with van der Waals surface area (Å²) < 4.78 is 10.4. The number of aryl methyl sites for hydroxylation is 1. The van der Waals surface area contributed by atoms with E-state index in [2.05, 4.69) is 5.16 Å². The van der Waals surface area contributed by atoms with E-state index in [0.29, 0.717) is 6.54 Å². The Morgan fingerprint density at radius 1 is 1.35 bits per heavy atom. The Bertz CT molecular complexity index is 532. The second-order valence-corrected chi connectivity index (χ2v) is 3.97. The summed E-state index contributed by atoms with van der Waals surface area (Å²) in [6.07, 6.45) is 0. The highest BCUT2D eigenvalue weighted by Gasteiger charge is 2.13. The van der Waals surface area contributed by atoms with Gasteiger partial charge in [-0.15, -0.1) is 0 Å². The van der Waals surface area contributed by atoms with Gasteiger partial charge >= 0.3 is 0 Å². The lowest BCUT2D eigenvalue weighted by Gasteiger charge is -2.06. The van der Waals surface area contributed by atoms with Crippen molar-refractivity contribution in [3.8, 4) is 17.0 Å². The molecule has 0 aliphatic heterocycles. The van der Waals surface area contributed by atoms with Crippen LogP contribution in [0.1, 0.15) is 16.9 Å². The molecule has 0 atom stereocenters. The summed E-state index contributed by atoms with van der Waals surface area (Å²) in [5.74, 6) is 1.60. The van der Waals surface area contributed by atoms with Gasteiger partial charge in [0.1, 0.15) is 11.4 Å². The number of nitrogens with zero attached hydrogens (tertiary/aromatic N) is 1. The van der Waals surface area contributed by atoms with Crippen molar-refractivity contribution in [1.82, 2.24) is 5.16 Å². The first-order chi connectivity index (χ1) is 8.17. The SMILES string of the molecule is COc1ccc(-c2noc(CN)c2C)cc1C. The smallest absolute Gasteiger partial charge is 0.153 e. The van der Waals surface area contributed by atoms with E-state index in [0.717, 1.165) is 33.9 Å². The summed E-state index contributed by atoms with van der Waals surface area (Å²) in [5.41, 5.74) is 9.49. The van der Waals surface area contributed by atoms with E-state index in [1.54, 1.807) is 7.11 Å². The topological polar surface area (TPSA) is 61.3 Å². The van der Waals surface area contributed by atoms with Gasteiger partial charge in [0.05, 0.1) is 13.7 Å². The molecule has 4 heteroatoms. The van der Waals surface area contributed by atoms with Crippen LogP contribution in [-0.4, -0.2) is 12.3 Å². The van der Waals surface area contributed by atoms with Crippen LogP contribution in [0.25, 0.3) is 11.3 Å². The van der Waals surface area contributed by atoms with Gasteiger partial charge in [0.25, 0.3) is 0 Å². The molecular formula is C13H16N2O2. The van der Waals surface area contributed by atoms with E-state index in [1.165, 1.54) is 0 Å². The van der Waals surface area contributed by atoms with Crippen molar-refractivity contribution in [2.75, 3.05) is 7.11 Å². The number of nitrogens with two attached hydrogens (primary N) is 1. The van der Waals surface area contributed by atoms with E-state index in [4.69, 9.17) is 15.0 Å². The van der Waals surface area contributed by atoms with Crippen LogP contribution in [0.2, 0.25) is 0 Å². The maximum absolute atomic E-state index is 5.56. The third kappa shape index (κ3) is 2.03. The molecule has 0 unspecified atom stereocenters. The molecule has 2 rings (SSSR count). The summed E-state index contributed by atoms with van der Waals surface area (Å²) in [6, 6.07) is 5.93. The molecule has 17 heavy (non-hydrogen) atoms. The average molecular weight is 232 g/mol. The summed E-state index contributed by atoms with van der Waals surface area (Å²) in [7, 11) is 1.66. The Balaban J connectivity index is 2.46. The van der Waals surface area contributed by atoms with Gasteiger partial charge in [-0.05, 0) is 37.6 Å². The van der Waals surface area contributed by atoms with Gasteiger partial charge in [-0.2, -0.15) is 0 Å². The van der Waals surface area contributed by atoms with Crippen molar-refractivity contribution in [1.29, 1.82) is 0 Å². The summed E-state index contributed by atoms with van der Waals surface area (Å²) >= 11 is 0. The van der Waals surface area contributed by atoms with E-state index in [9.17, 15) is 0 Å². The maximum atomic E-state index is 5.56. The third-order valence-corrected chi connectivity index (χ3v) is 2.87. The fourth-order valence-electron chi connectivity index (χ4n) is 1.86. The van der Waals surface area contributed by atoms with E-state index < -0.39 is 0 Å². The fourth-order valence-corrected chi connectivity index (χ4v) is 1.86. The molecule has 90 valence electrons. The first kappa shape index (κ1) is 11.7. The van der Waals surface area contributed by atoms with E-state index >= 15 is 0 Å². The van der Waals surface area contributed by atoms with Gasteiger partial charge in [-0.1, -0.05) is 5.16 Å². The lowest BCUT2D eigenvalue weighted by Crippen LogP contribution is -1.96. The van der Waals surface area contributed by atoms with E-state index in [1.807, 2.05) is 32.0 Å². The molecule has 0 bridgehead atoms. The third-order valence-electron chi connectivity index (χ3n) is 2.87. The van der Waals surface area contributed by atoms with Gasteiger partial charge in [0, 0.05) is 11.1 Å². The Morgan fingerprint density at radius 3 is 2.65 bits per heavy atom. The van der Waals surface area contributed by atoms with Gasteiger partial charge in [0.2, 0.25) is 0 Å². The van der Waals surface area contributed by atoms with Crippen molar-refractivity contribution >= 4 is 0 Å². The first-order valence-corrected chi connectivity index (χ1v) is 5.47. The first-order valence-electron chi connectivity index (χ1n) is 5.47. The zero-order valence-electron chi connectivity index (χ0n) is 10.3. The molecule has 0 radical (unpaired) electrons. The Labute approximate surface area is 100 Å². The Hall–Kier alpha value is -1.81. The minimum Gasteiger partial charge on any atom is -0.496 e. The highest BCUT2D eigenvalue weighted by molar-refractivity contribution is 5.65. The highest BCUT2D eigenvalue weighted by atomic mass is 16.5. The van der Waals surface area contributed by atoms with Crippen molar-refractivity contribution in [3.05, 3.63) is 35.1 Å². The molecule has 0 aliphatic carbocycles. The molecular weight excluding hydrogens is 216 g/mol. The standard InChI is InChI=1S/C13H16N2O2/c1-8-6-10(4-5-11(8)16-3)13-9(2)12(7-14)17-15-13/h4-6H,7,14H2,1-3H3. The predicted octanol–water partition coefficient (Wildman–Crippen LogP) is 2.43. The van der Waals surface area contributed by atoms with Gasteiger partial charge in [-0.25, -0.2) is 0 Å². The molecule has 2 N–H and O–H groups in total. The normalized spacial score (nSPS) is 10.6. The molecule has 1 aromatic carbocycles. The number of aromatic nitrogens is 1. The fraction of sp³-hybridized carbons (Fsp3) is 0.308. The second kappa shape index (κ2) is 4.59. The minimum absolute atomic E-state index is 0.369. The van der Waals surface area contributed by atoms with Crippen LogP contribution in [0.3, 0.4) is 0 Å². The molecule has 1 aromatic heterocycles. The number of benzene rings is 1. The molecule has 2 aromatic rings. The number of rotatable bonds is 3. The molecule has 0 saturated heterocycles. The molecule has 1 heterocycles. The molecule has 4 nitrogen and oxygen atoms in total. The second-order valence-electron chi connectivity index (χ2n) is 3.97. The van der Waals surface area contributed by atoms with Crippen LogP contribution < -0.4 is 10.5 Å². The molecule has 0 saturated carbocycles. The molecule has 0 amide bonds. The van der Waals surface area contributed by atoms with Crippen LogP contribution >= 0.6 is 0 Å². The number of hydrogen-bond donors (Lipinski definition) is 1. The van der Waals surface area contributed by atoms with Crippen molar-refractivity contribution in [3.63, 3.8) is 0 Å². The quantitative estimate of drug-likeness (QED) is 0.882. The van der Waals surface area contributed by atoms with Crippen LogP contribution in [0.5, 0.6) is 5.75 Å². The lowest BCUT2D eigenvalue weighted by atomic mass is 10.0. The van der Waals surface area contributed by atoms with Crippen LogP contribution in [0.15, 0.2) is 22.7 Å². The number of methoxy groups -OCH3 is 1. The van der Waals surface area contributed by atoms with E-state index in [-0.39, 0.29) is 0 Å². The highest BCUT2D eigenvalue weighted by Crippen LogP contribution is 2.28. The van der Waals surface area contributed by atoms with Crippen LogP contribution in [0, 0.1) is 13.8 Å². The van der Waals surface area contributed by atoms with Crippen LogP contribution in [0.4, 0.5) is 0 Å².